The molecule has 0 aliphatic heterocycles. The fourth-order valence-electron chi connectivity index (χ4n) is 4.84. The molecule has 0 aliphatic carbocycles. The molecule has 0 saturated heterocycles. The predicted molar refractivity (Wildman–Crippen MR) is 186 cm³/mol. The smallest absolute Gasteiger partial charge is 0.264 e. The quantitative estimate of drug-likeness (QED) is 0.155. The lowest BCUT2D eigenvalue weighted by atomic mass is 10.0. The molecule has 2 atom stereocenters. The molecular weight excluding hydrogens is 665 g/mol. The first-order valence-electron chi connectivity index (χ1n) is 14.8. The minimum atomic E-state index is -4.33. The number of nitrogens with one attached hydrogen (secondary N) is 1. The summed E-state index contributed by atoms with van der Waals surface area (Å²) in [4.78, 5) is 29.9. The number of benzene rings is 4. The second-order valence-electron chi connectivity index (χ2n) is 11.0. The van der Waals surface area contributed by atoms with Crippen LogP contribution in [-0.2, 0) is 32.6 Å². The van der Waals surface area contributed by atoms with E-state index in [-0.39, 0.29) is 45.5 Å². The summed E-state index contributed by atoms with van der Waals surface area (Å²) in [6.45, 7) is 4.96. The van der Waals surface area contributed by atoms with Crippen molar-refractivity contribution in [2.75, 3.05) is 10.8 Å². The number of anilines is 1. The van der Waals surface area contributed by atoms with Gasteiger partial charge in [-0.2, -0.15) is 0 Å². The zero-order valence-corrected chi connectivity index (χ0v) is 28.9. The van der Waals surface area contributed by atoms with E-state index in [1.165, 1.54) is 29.2 Å². The van der Waals surface area contributed by atoms with E-state index in [1.54, 1.807) is 42.5 Å². The van der Waals surface area contributed by atoms with Crippen LogP contribution in [0.5, 0.6) is 0 Å². The van der Waals surface area contributed by atoms with E-state index < -0.39 is 28.5 Å². The molecule has 46 heavy (non-hydrogen) atoms. The number of aryl methyl sites for hydroxylation is 1. The predicted octanol–water partition coefficient (Wildman–Crippen LogP) is 7.71. The lowest BCUT2D eigenvalue weighted by molar-refractivity contribution is -0.140. The van der Waals surface area contributed by atoms with E-state index >= 15 is 0 Å². The Balaban J connectivity index is 1.85. The highest BCUT2D eigenvalue weighted by Crippen LogP contribution is 2.36. The van der Waals surface area contributed by atoms with E-state index in [4.69, 9.17) is 34.8 Å². The zero-order valence-electron chi connectivity index (χ0n) is 25.8. The molecule has 0 unspecified atom stereocenters. The van der Waals surface area contributed by atoms with E-state index in [0.717, 1.165) is 15.4 Å². The van der Waals surface area contributed by atoms with Crippen molar-refractivity contribution >= 4 is 62.3 Å². The molecule has 0 saturated carbocycles. The third-order valence-electron chi connectivity index (χ3n) is 7.66. The Morgan fingerprint density at radius 1 is 0.826 bits per heavy atom. The highest BCUT2D eigenvalue weighted by Gasteiger charge is 2.36. The SMILES string of the molecule is CC[C@@H](C)NC(=O)[C@H](Cc1ccccc1)N(Cc1ccccc1Cl)C(=O)CN(c1cccc(Cl)c1Cl)S(=O)(=O)c1ccc(C)cc1. The second-order valence-corrected chi connectivity index (χ2v) is 14.1. The van der Waals surface area contributed by atoms with Crippen LogP contribution in [0.25, 0.3) is 0 Å². The molecule has 1 N–H and O–H groups in total. The molecule has 242 valence electrons. The first-order valence-corrected chi connectivity index (χ1v) is 17.4. The molecule has 11 heteroatoms. The van der Waals surface area contributed by atoms with Crippen LogP contribution >= 0.6 is 34.8 Å². The largest absolute Gasteiger partial charge is 0.352 e. The summed E-state index contributed by atoms with van der Waals surface area (Å²) in [5.74, 6) is -1.00. The third-order valence-corrected chi connectivity index (χ3v) is 10.6. The van der Waals surface area contributed by atoms with Gasteiger partial charge in [0.15, 0.2) is 0 Å². The number of carbonyl (C=O) groups is 2. The maximum absolute atomic E-state index is 14.6. The summed E-state index contributed by atoms with van der Waals surface area (Å²) in [6.07, 6.45) is 0.861. The number of sulfonamides is 1. The van der Waals surface area contributed by atoms with Crippen molar-refractivity contribution in [2.45, 2.75) is 57.1 Å². The van der Waals surface area contributed by atoms with Crippen LogP contribution in [-0.4, -0.2) is 43.8 Å². The Morgan fingerprint density at radius 3 is 2.11 bits per heavy atom. The zero-order chi connectivity index (χ0) is 33.4. The fourth-order valence-corrected chi connectivity index (χ4v) is 6.91. The number of rotatable bonds is 13. The minimum Gasteiger partial charge on any atom is -0.352 e. The maximum Gasteiger partial charge on any atom is 0.264 e. The van der Waals surface area contributed by atoms with Gasteiger partial charge in [-0.15, -0.1) is 0 Å². The molecule has 0 bridgehead atoms. The average Bonchev–Trinajstić information content (AvgIpc) is 3.04. The van der Waals surface area contributed by atoms with E-state index in [0.29, 0.717) is 17.0 Å². The summed E-state index contributed by atoms with van der Waals surface area (Å²) in [5.41, 5.74) is 2.32. The number of hydrogen-bond acceptors (Lipinski definition) is 4. The summed E-state index contributed by atoms with van der Waals surface area (Å²) in [7, 11) is -4.33. The van der Waals surface area contributed by atoms with Crippen molar-refractivity contribution in [3.63, 3.8) is 0 Å². The normalized spacial score (nSPS) is 12.7. The van der Waals surface area contributed by atoms with Gasteiger partial charge in [0.05, 0.1) is 20.6 Å². The second kappa shape index (κ2) is 15.8. The lowest BCUT2D eigenvalue weighted by Crippen LogP contribution is -2.54. The Hall–Kier alpha value is -3.56. The Labute approximate surface area is 286 Å². The summed E-state index contributed by atoms with van der Waals surface area (Å²) in [5, 5.41) is 3.51. The van der Waals surface area contributed by atoms with Crippen LogP contribution in [0.15, 0.2) is 102 Å². The third kappa shape index (κ3) is 8.62. The number of amides is 2. The van der Waals surface area contributed by atoms with Gasteiger partial charge in [-0.1, -0.05) is 114 Å². The Morgan fingerprint density at radius 2 is 1.46 bits per heavy atom. The topological polar surface area (TPSA) is 86.8 Å². The monoisotopic (exact) mass is 699 g/mol. The highest BCUT2D eigenvalue weighted by atomic mass is 35.5. The fraction of sp³-hybridized carbons (Fsp3) is 0.257. The first-order chi connectivity index (χ1) is 21.9. The maximum atomic E-state index is 14.6. The van der Waals surface area contributed by atoms with Crippen LogP contribution < -0.4 is 9.62 Å². The molecule has 2 amide bonds. The van der Waals surface area contributed by atoms with Gasteiger partial charge in [0.2, 0.25) is 11.8 Å². The number of halogens is 3. The molecule has 4 rings (SSSR count). The molecule has 4 aromatic carbocycles. The van der Waals surface area contributed by atoms with Gasteiger partial charge in [0.1, 0.15) is 12.6 Å². The molecular formula is C35H36Cl3N3O4S. The molecule has 4 aromatic rings. The van der Waals surface area contributed by atoms with E-state index in [2.05, 4.69) is 5.32 Å². The van der Waals surface area contributed by atoms with Gasteiger partial charge in [0, 0.05) is 24.0 Å². The van der Waals surface area contributed by atoms with Crippen LogP contribution in [0.2, 0.25) is 15.1 Å². The molecule has 0 spiro atoms. The highest BCUT2D eigenvalue weighted by molar-refractivity contribution is 7.92. The molecule has 0 aliphatic rings. The summed E-state index contributed by atoms with van der Waals surface area (Å²) >= 11 is 19.4. The van der Waals surface area contributed by atoms with Crippen molar-refractivity contribution in [3.8, 4) is 0 Å². The van der Waals surface area contributed by atoms with Crippen molar-refractivity contribution in [3.05, 3.63) is 129 Å². The summed E-state index contributed by atoms with van der Waals surface area (Å²) < 4.78 is 29.4. The van der Waals surface area contributed by atoms with Gasteiger partial charge in [0.25, 0.3) is 10.0 Å². The van der Waals surface area contributed by atoms with Gasteiger partial charge in [-0.25, -0.2) is 8.42 Å². The number of nitrogens with zero attached hydrogens (tertiary/aromatic N) is 2. The Kier molecular flexibility index (Phi) is 12.1. The van der Waals surface area contributed by atoms with Crippen LogP contribution in [0, 0.1) is 6.92 Å². The molecule has 0 aromatic heterocycles. The minimum absolute atomic E-state index is 0.0272. The van der Waals surface area contributed by atoms with Crippen molar-refractivity contribution in [1.82, 2.24) is 10.2 Å². The lowest BCUT2D eigenvalue weighted by Gasteiger charge is -2.34. The van der Waals surface area contributed by atoms with Crippen LogP contribution in [0.1, 0.15) is 37.0 Å². The standard InChI is InChI=1S/C35H36Cl3N3O4S/c1-4-25(3)39-35(43)32(21-26-11-6-5-7-12-26)40(22-27-13-8-9-14-29(27)36)33(42)23-41(31-16-10-15-30(37)34(31)38)46(44,45)28-19-17-24(2)18-20-28/h5-20,25,32H,4,21-23H2,1-3H3,(H,39,43)/t25-,32+/m1/s1. The van der Waals surface area contributed by atoms with Gasteiger partial charge >= 0.3 is 0 Å². The van der Waals surface area contributed by atoms with Crippen molar-refractivity contribution < 1.29 is 18.0 Å². The van der Waals surface area contributed by atoms with Gasteiger partial charge < -0.3 is 10.2 Å². The molecule has 0 heterocycles. The van der Waals surface area contributed by atoms with Crippen molar-refractivity contribution in [1.29, 1.82) is 0 Å². The molecule has 7 nitrogen and oxygen atoms in total. The Bertz CT molecular complexity index is 1770. The summed E-state index contributed by atoms with van der Waals surface area (Å²) in [6, 6.07) is 26.1. The van der Waals surface area contributed by atoms with Crippen LogP contribution in [0.4, 0.5) is 5.69 Å². The van der Waals surface area contributed by atoms with E-state index in [1.807, 2.05) is 51.1 Å². The first kappa shape index (κ1) is 35.3. The van der Waals surface area contributed by atoms with Gasteiger partial charge in [-0.3, -0.25) is 13.9 Å². The van der Waals surface area contributed by atoms with Crippen molar-refractivity contribution in [2.24, 2.45) is 0 Å². The van der Waals surface area contributed by atoms with Crippen LogP contribution in [0.3, 0.4) is 0 Å². The van der Waals surface area contributed by atoms with Gasteiger partial charge in [-0.05, 0) is 61.7 Å². The number of hydrogen-bond donors (Lipinski definition) is 1. The van der Waals surface area contributed by atoms with E-state index in [9.17, 15) is 18.0 Å². The molecule has 0 fully saturated rings. The average molecular weight is 701 g/mol. The number of carbonyl (C=O) groups excluding carboxylic acids is 2. The molecule has 0 radical (unpaired) electrons.